The van der Waals surface area contributed by atoms with Crippen LogP contribution in [0.2, 0.25) is 0 Å². The topological polar surface area (TPSA) is 22.0 Å². The van der Waals surface area contributed by atoms with E-state index in [0.29, 0.717) is 0 Å². The first kappa shape index (κ1) is 7.56. The number of carbonyl (C=O) groups excluding carboxylic acids is 1. The summed E-state index contributed by atoms with van der Waals surface area (Å²) in [6.45, 7) is 0.800. The van der Waals surface area contributed by atoms with Crippen molar-refractivity contribution in [1.29, 1.82) is 0 Å². The Bertz CT molecular complexity index is 548. The lowest BCUT2D eigenvalue weighted by molar-refractivity contribution is 0.103. The summed E-state index contributed by atoms with van der Waals surface area (Å²) >= 11 is 0. The molecule has 14 heavy (non-hydrogen) atoms. The molecular formula is C12H9NO. The summed E-state index contributed by atoms with van der Waals surface area (Å²) in [4.78, 5) is 11.5. The Morgan fingerprint density at radius 1 is 1.21 bits per heavy atom. The summed E-state index contributed by atoms with van der Waals surface area (Å²) in [5.41, 5.74) is 1.94. The molecule has 0 amide bonds. The second-order valence-corrected chi connectivity index (χ2v) is 3.47. The van der Waals surface area contributed by atoms with E-state index >= 15 is 0 Å². The molecule has 2 aromatic rings. The summed E-state index contributed by atoms with van der Waals surface area (Å²) < 4.78 is 2.05. The van der Waals surface area contributed by atoms with Crippen LogP contribution in [0, 0.1) is 0 Å². The number of nitrogens with zero attached hydrogens (tertiary/aromatic N) is 1. The third-order valence-corrected chi connectivity index (χ3v) is 2.62. The van der Waals surface area contributed by atoms with Crippen molar-refractivity contribution in [3.63, 3.8) is 0 Å². The van der Waals surface area contributed by atoms with Crippen LogP contribution >= 0.6 is 0 Å². The van der Waals surface area contributed by atoms with Gasteiger partial charge in [0.2, 0.25) is 5.78 Å². The molecule has 0 spiro atoms. The Morgan fingerprint density at radius 3 is 3.00 bits per heavy atom. The van der Waals surface area contributed by atoms with E-state index in [1.54, 1.807) is 6.08 Å². The second-order valence-electron chi connectivity index (χ2n) is 3.47. The highest BCUT2D eigenvalue weighted by Gasteiger charge is 2.14. The van der Waals surface area contributed by atoms with Crippen molar-refractivity contribution in [1.82, 2.24) is 4.57 Å². The van der Waals surface area contributed by atoms with Crippen LogP contribution in [0.3, 0.4) is 0 Å². The van der Waals surface area contributed by atoms with Crippen molar-refractivity contribution in [2.75, 3.05) is 0 Å². The minimum absolute atomic E-state index is 0.104. The Labute approximate surface area is 81.5 Å². The summed E-state index contributed by atoms with van der Waals surface area (Å²) in [6.07, 6.45) is 3.55. The molecular weight excluding hydrogens is 174 g/mol. The van der Waals surface area contributed by atoms with E-state index in [2.05, 4.69) is 4.57 Å². The summed E-state index contributed by atoms with van der Waals surface area (Å²) in [5, 5.41) is 1.14. The lowest BCUT2D eigenvalue weighted by Crippen LogP contribution is -2.10. The van der Waals surface area contributed by atoms with Crippen LogP contribution in [0.15, 0.2) is 42.5 Å². The number of aromatic nitrogens is 1. The van der Waals surface area contributed by atoms with Crippen molar-refractivity contribution in [3.05, 3.63) is 48.2 Å². The van der Waals surface area contributed by atoms with Crippen LogP contribution in [0.5, 0.6) is 0 Å². The van der Waals surface area contributed by atoms with E-state index < -0.39 is 0 Å². The van der Waals surface area contributed by atoms with Gasteiger partial charge < -0.3 is 4.57 Å². The lowest BCUT2D eigenvalue weighted by Gasteiger charge is -2.09. The maximum atomic E-state index is 11.5. The molecule has 2 heterocycles. The number of rotatable bonds is 0. The summed E-state index contributed by atoms with van der Waals surface area (Å²) in [7, 11) is 0. The van der Waals surface area contributed by atoms with Gasteiger partial charge in [0.25, 0.3) is 0 Å². The van der Waals surface area contributed by atoms with Gasteiger partial charge in [0, 0.05) is 17.4 Å². The minimum atomic E-state index is 0.104. The quantitative estimate of drug-likeness (QED) is 0.614. The number of allylic oxidation sites excluding steroid dienone is 2. The molecule has 1 aromatic heterocycles. The molecule has 0 saturated carbocycles. The normalized spacial score (nSPS) is 14.7. The standard InChI is InChI=1S/C12H9NO/c14-12-6-3-7-13-10-5-2-1-4-9(10)8-11(12)13/h1-6,8H,7H2. The van der Waals surface area contributed by atoms with Crippen molar-refractivity contribution in [2.24, 2.45) is 0 Å². The molecule has 0 aliphatic carbocycles. The van der Waals surface area contributed by atoms with Gasteiger partial charge in [0.05, 0.1) is 5.69 Å². The fraction of sp³-hybridized carbons (Fsp3) is 0.0833. The molecule has 0 N–H and O–H groups in total. The summed E-state index contributed by atoms with van der Waals surface area (Å²) in [6, 6.07) is 10.0. The molecule has 0 saturated heterocycles. The first-order valence-electron chi connectivity index (χ1n) is 4.65. The van der Waals surface area contributed by atoms with Crippen LogP contribution in [0.1, 0.15) is 10.5 Å². The average Bonchev–Trinajstić information content (AvgIpc) is 2.59. The van der Waals surface area contributed by atoms with Gasteiger partial charge in [-0.2, -0.15) is 0 Å². The van der Waals surface area contributed by atoms with Gasteiger partial charge in [-0.3, -0.25) is 4.79 Å². The van der Waals surface area contributed by atoms with Crippen molar-refractivity contribution < 1.29 is 4.79 Å². The largest absolute Gasteiger partial charge is 0.334 e. The van der Waals surface area contributed by atoms with Crippen molar-refractivity contribution in [3.8, 4) is 0 Å². The fourth-order valence-corrected chi connectivity index (χ4v) is 1.96. The van der Waals surface area contributed by atoms with Gasteiger partial charge in [-0.05, 0) is 18.2 Å². The maximum absolute atomic E-state index is 11.5. The van der Waals surface area contributed by atoms with Gasteiger partial charge in [0.1, 0.15) is 0 Å². The molecule has 3 rings (SSSR count). The van der Waals surface area contributed by atoms with Gasteiger partial charge in [-0.15, -0.1) is 0 Å². The Kier molecular flexibility index (Phi) is 1.39. The highest BCUT2D eigenvalue weighted by molar-refractivity contribution is 6.07. The van der Waals surface area contributed by atoms with Gasteiger partial charge in [-0.25, -0.2) is 0 Å². The van der Waals surface area contributed by atoms with Crippen LogP contribution in [-0.4, -0.2) is 10.4 Å². The molecule has 2 heteroatoms. The Balaban J connectivity index is 2.41. The highest BCUT2D eigenvalue weighted by Crippen LogP contribution is 2.22. The molecule has 2 nitrogen and oxygen atoms in total. The predicted octanol–water partition coefficient (Wildman–Crippen LogP) is 2.39. The Morgan fingerprint density at radius 2 is 2.07 bits per heavy atom. The van der Waals surface area contributed by atoms with E-state index in [-0.39, 0.29) is 5.78 Å². The zero-order valence-corrected chi connectivity index (χ0v) is 7.60. The van der Waals surface area contributed by atoms with Gasteiger partial charge in [0.15, 0.2) is 0 Å². The van der Waals surface area contributed by atoms with Crippen molar-refractivity contribution in [2.45, 2.75) is 6.54 Å². The van der Waals surface area contributed by atoms with Gasteiger partial charge in [-0.1, -0.05) is 24.3 Å². The average molecular weight is 183 g/mol. The van der Waals surface area contributed by atoms with E-state index in [1.165, 1.54) is 0 Å². The smallest absolute Gasteiger partial charge is 0.201 e. The minimum Gasteiger partial charge on any atom is -0.334 e. The van der Waals surface area contributed by atoms with E-state index in [1.807, 2.05) is 36.4 Å². The molecule has 1 aliphatic heterocycles. The van der Waals surface area contributed by atoms with E-state index in [0.717, 1.165) is 23.1 Å². The lowest BCUT2D eigenvalue weighted by atomic mass is 10.2. The maximum Gasteiger partial charge on any atom is 0.201 e. The van der Waals surface area contributed by atoms with Crippen LogP contribution < -0.4 is 0 Å². The van der Waals surface area contributed by atoms with E-state index in [9.17, 15) is 4.79 Å². The Hall–Kier alpha value is -1.83. The SMILES string of the molecule is O=C1C=CCn2c1cc1ccccc12. The zero-order chi connectivity index (χ0) is 9.54. The monoisotopic (exact) mass is 183 g/mol. The van der Waals surface area contributed by atoms with Gasteiger partial charge >= 0.3 is 0 Å². The molecule has 0 unspecified atom stereocenters. The molecule has 1 aliphatic rings. The molecule has 1 aromatic carbocycles. The van der Waals surface area contributed by atoms with Crippen LogP contribution in [0.4, 0.5) is 0 Å². The zero-order valence-electron chi connectivity index (χ0n) is 7.60. The first-order valence-corrected chi connectivity index (χ1v) is 4.65. The van der Waals surface area contributed by atoms with Crippen LogP contribution in [-0.2, 0) is 6.54 Å². The van der Waals surface area contributed by atoms with Crippen molar-refractivity contribution >= 4 is 16.7 Å². The molecule has 0 bridgehead atoms. The number of para-hydroxylation sites is 1. The number of ketones is 1. The number of fused-ring (bicyclic) bond motifs is 3. The third-order valence-electron chi connectivity index (χ3n) is 2.62. The predicted molar refractivity (Wildman–Crippen MR) is 55.4 cm³/mol. The first-order chi connectivity index (χ1) is 6.86. The number of benzene rings is 1. The molecule has 0 radical (unpaired) electrons. The fourth-order valence-electron chi connectivity index (χ4n) is 1.96. The highest BCUT2D eigenvalue weighted by atomic mass is 16.1. The summed E-state index contributed by atoms with van der Waals surface area (Å²) in [5.74, 6) is 0.104. The van der Waals surface area contributed by atoms with E-state index in [4.69, 9.17) is 0 Å². The number of hydrogen-bond acceptors (Lipinski definition) is 1. The van der Waals surface area contributed by atoms with Crippen LogP contribution in [0.25, 0.3) is 10.9 Å². The number of carbonyl (C=O) groups is 1. The second kappa shape index (κ2) is 2.58. The third kappa shape index (κ3) is 0.880. The molecule has 0 atom stereocenters. The molecule has 68 valence electrons. The molecule has 0 fully saturated rings. The number of hydrogen-bond donors (Lipinski definition) is 0.